The Labute approximate surface area is 107 Å². The SMILES string of the molecule is COc1cc(F)c2c(c1OC)C(N)CC(C)CC2. The van der Waals surface area contributed by atoms with Crippen LogP contribution in [0.4, 0.5) is 4.39 Å². The average Bonchev–Trinajstić information content (AvgIpc) is 2.49. The first-order valence-electron chi connectivity index (χ1n) is 6.27. The highest BCUT2D eigenvalue weighted by Gasteiger charge is 2.28. The summed E-state index contributed by atoms with van der Waals surface area (Å²) in [7, 11) is 3.08. The van der Waals surface area contributed by atoms with Crippen LogP contribution in [0, 0.1) is 11.7 Å². The molecule has 2 N–H and O–H groups in total. The summed E-state index contributed by atoms with van der Waals surface area (Å²) in [6, 6.07) is 1.19. The first-order chi connectivity index (χ1) is 8.58. The minimum atomic E-state index is -0.243. The molecule has 1 aromatic carbocycles. The van der Waals surface area contributed by atoms with Gasteiger partial charge in [-0.3, -0.25) is 0 Å². The molecular formula is C14H20FNO2. The van der Waals surface area contributed by atoms with Crippen LogP contribution in [-0.4, -0.2) is 14.2 Å². The number of benzene rings is 1. The maximum absolute atomic E-state index is 14.1. The number of ether oxygens (including phenoxy) is 2. The molecule has 0 bridgehead atoms. The quantitative estimate of drug-likeness (QED) is 0.824. The highest BCUT2D eigenvalue weighted by atomic mass is 19.1. The molecule has 3 nitrogen and oxygen atoms in total. The molecule has 18 heavy (non-hydrogen) atoms. The number of halogens is 1. The summed E-state index contributed by atoms with van der Waals surface area (Å²) in [4.78, 5) is 0. The summed E-state index contributed by atoms with van der Waals surface area (Å²) >= 11 is 0. The van der Waals surface area contributed by atoms with Crippen LogP contribution in [0.15, 0.2) is 6.07 Å². The molecule has 1 aromatic rings. The Morgan fingerprint density at radius 2 is 2.06 bits per heavy atom. The van der Waals surface area contributed by atoms with Crippen molar-refractivity contribution in [3.63, 3.8) is 0 Å². The molecule has 1 aliphatic rings. The van der Waals surface area contributed by atoms with Gasteiger partial charge in [0.1, 0.15) is 5.82 Å². The first kappa shape index (κ1) is 13.1. The van der Waals surface area contributed by atoms with Crippen LogP contribution in [-0.2, 0) is 6.42 Å². The normalized spacial score (nSPS) is 23.2. The topological polar surface area (TPSA) is 44.5 Å². The highest BCUT2D eigenvalue weighted by Crippen LogP contribution is 2.42. The zero-order valence-electron chi connectivity index (χ0n) is 11.1. The lowest BCUT2D eigenvalue weighted by Crippen LogP contribution is -2.15. The number of fused-ring (bicyclic) bond motifs is 1. The fourth-order valence-corrected chi connectivity index (χ4v) is 2.73. The van der Waals surface area contributed by atoms with Gasteiger partial charge in [0.2, 0.25) is 0 Å². The zero-order valence-corrected chi connectivity index (χ0v) is 11.1. The van der Waals surface area contributed by atoms with Crippen molar-refractivity contribution in [2.75, 3.05) is 14.2 Å². The predicted molar refractivity (Wildman–Crippen MR) is 68.5 cm³/mol. The Morgan fingerprint density at radius 1 is 1.33 bits per heavy atom. The molecule has 0 aliphatic heterocycles. The van der Waals surface area contributed by atoms with Gasteiger partial charge in [0.15, 0.2) is 11.5 Å². The van der Waals surface area contributed by atoms with E-state index in [4.69, 9.17) is 15.2 Å². The molecule has 100 valence electrons. The van der Waals surface area contributed by atoms with Crippen LogP contribution < -0.4 is 15.2 Å². The zero-order chi connectivity index (χ0) is 13.3. The Hall–Kier alpha value is -1.29. The van der Waals surface area contributed by atoms with Crippen LogP contribution in [0.3, 0.4) is 0 Å². The molecule has 2 unspecified atom stereocenters. The van der Waals surface area contributed by atoms with Crippen LogP contribution in [0.25, 0.3) is 0 Å². The lowest BCUT2D eigenvalue weighted by molar-refractivity contribution is 0.344. The van der Waals surface area contributed by atoms with Crippen LogP contribution in [0.2, 0.25) is 0 Å². The third kappa shape index (κ3) is 2.17. The van der Waals surface area contributed by atoms with Crippen LogP contribution in [0.5, 0.6) is 11.5 Å². The fourth-order valence-electron chi connectivity index (χ4n) is 2.73. The molecule has 0 fully saturated rings. The fraction of sp³-hybridized carbons (Fsp3) is 0.571. The minimum Gasteiger partial charge on any atom is -0.493 e. The van der Waals surface area contributed by atoms with Crippen LogP contribution >= 0.6 is 0 Å². The van der Waals surface area contributed by atoms with Crippen molar-refractivity contribution in [1.29, 1.82) is 0 Å². The predicted octanol–water partition coefficient (Wildman–Crippen LogP) is 2.82. The second kappa shape index (κ2) is 5.14. The molecule has 0 heterocycles. The summed E-state index contributed by atoms with van der Waals surface area (Å²) in [5.41, 5.74) is 7.66. The molecule has 1 aliphatic carbocycles. The monoisotopic (exact) mass is 253 g/mol. The second-order valence-electron chi connectivity index (χ2n) is 4.97. The second-order valence-corrected chi connectivity index (χ2v) is 4.97. The smallest absolute Gasteiger partial charge is 0.165 e. The molecule has 2 rings (SSSR count). The lowest BCUT2D eigenvalue weighted by Gasteiger charge is -2.20. The van der Waals surface area contributed by atoms with E-state index in [0.29, 0.717) is 29.4 Å². The number of nitrogens with two attached hydrogens (primary N) is 1. The van der Waals surface area contributed by atoms with Crippen molar-refractivity contribution >= 4 is 0 Å². The van der Waals surface area contributed by atoms with Crippen molar-refractivity contribution in [2.24, 2.45) is 11.7 Å². The molecular weight excluding hydrogens is 233 g/mol. The van der Waals surface area contributed by atoms with E-state index in [9.17, 15) is 4.39 Å². The molecule has 4 heteroatoms. The van der Waals surface area contributed by atoms with E-state index in [1.54, 1.807) is 7.11 Å². The number of methoxy groups -OCH3 is 2. The van der Waals surface area contributed by atoms with Gasteiger partial charge in [-0.05, 0) is 30.7 Å². The summed E-state index contributed by atoms with van der Waals surface area (Å²) < 4.78 is 24.7. The van der Waals surface area contributed by atoms with Crippen molar-refractivity contribution in [2.45, 2.75) is 32.2 Å². The van der Waals surface area contributed by atoms with Crippen molar-refractivity contribution in [1.82, 2.24) is 0 Å². The minimum absolute atomic E-state index is 0.197. The van der Waals surface area contributed by atoms with Crippen molar-refractivity contribution in [3.8, 4) is 11.5 Å². The van der Waals surface area contributed by atoms with Gasteiger partial charge in [-0.2, -0.15) is 0 Å². The van der Waals surface area contributed by atoms with Gasteiger partial charge in [0.05, 0.1) is 14.2 Å². The third-order valence-electron chi connectivity index (χ3n) is 3.68. The molecule has 2 atom stereocenters. The van der Waals surface area contributed by atoms with Crippen molar-refractivity contribution in [3.05, 3.63) is 23.0 Å². The number of rotatable bonds is 2. The van der Waals surface area contributed by atoms with Gasteiger partial charge in [-0.15, -0.1) is 0 Å². The maximum Gasteiger partial charge on any atom is 0.165 e. The van der Waals surface area contributed by atoms with Crippen molar-refractivity contribution < 1.29 is 13.9 Å². The molecule has 0 aromatic heterocycles. The molecule has 0 amide bonds. The first-order valence-corrected chi connectivity index (χ1v) is 6.27. The van der Waals surface area contributed by atoms with Gasteiger partial charge in [0, 0.05) is 17.7 Å². The third-order valence-corrected chi connectivity index (χ3v) is 3.68. The van der Waals surface area contributed by atoms with E-state index in [1.807, 2.05) is 0 Å². The largest absolute Gasteiger partial charge is 0.493 e. The Balaban J connectivity index is 2.62. The van der Waals surface area contributed by atoms with E-state index in [1.165, 1.54) is 13.2 Å². The molecule has 0 spiro atoms. The molecule has 0 saturated heterocycles. The summed E-state index contributed by atoms with van der Waals surface area (Å²) in [5, 5.41) is 0. The van der Waals surface area contributed by atoms with E-state index >= 15 is 0 Å². The lowest BCUT2D eigenvalue weighted by atomic mass is 9.96. The summed E-state index contributed by atoms with van der Waals surface area (Å²) in [6.45, 7) is 2.15. The van der Waals surface area contributed by atoms with Gasteiger partial charge < -0.3 is 15.2 Å². The Kier molecular flexibility index (Phi) is 3.76. The maximum atomic E-state index is 14.1. The summed E-state index contributed by atoms with van der Waals surface area (Å²) in [5.74, 6) is 1.24. The van der Waals surface area contributed by atoms with Gasteiger partial charge in [0.25, 0.3) is 0 Å². The Bertz CT molecular complexity index is 448. The Morgan fingerprint density at radius 3 is 2.67 bits per heavy atom. The standard InChI is InChI=1S/C14H20FNO2/c1-8-4-5-9-10(15)7-12(17-2)14(18-3)13(9)11(16)6-8/h7-8,11H,4-6,16H2,1-3H3. The molecule has 0 radical (unpaired) electrons. The van der Waals surface area contributed by atoms with Crippen LogP contribution in [0.1, 0.15) is 36.9 Å². The van der Waals surface area contributed by atoms with Gasteiger partial charge >= 0.3 is 0 Å². The van der Waals surface area contributed by atoms with Gasteiger partial charge in [-0.25, -0.2) is 4.39 Å². The summed E-state index contributed by atoms with van der Waals surface area (Å²) in [6.07, 6.45) is 2.50. The average molecular weight is 253 g/mol. The van der Waals surface area contributed by atoms with E-state index in [0.717, 1.165) is 18.4 Å². The van der Waals surface area contributed by atoms with E-state index in [2.05, 4.69) is 6.92 Å². The van der Waals surface area contributed by atoms with E-state index in [-0.39, 0.29) is 11.9 Å². The van der Waals surface area contributed by atoms with E-state index < -0.39 is 0 Å². The molecule has 0 saturated carbocycles. The highest BCUT2D eigenvalue weighted by molar-refractivity contribution is 5.53. The number of hydrogen-bond donors (Lipinski definition) is 1. The number of hydrogen-bond acceptors (Lipinski definition) is 3. The van der Waals surface area contributed by atoms with Gasteiger partial charge in [-0.1, -0.05) is 6.92 Å².